The minimum absolute atomic E-state index is 0.503. The van der Waals surface area contributed by atoms with E-state index in [9.17, 15) is 0 Å². The van der Waals surface area contributed by atoms with Crippen molar-refractivity contribution in [3.05, 3.63) is 0 Å². The second kappa shape index (κ2) is 6.10. The van der Waals surface area contributed by atoms with Crippen molar-refractivity contribution >= 4 is 22.4 Å². The maximum absolute atomic E-state index is 5.77. The Kier molecular flexibility index (Phi) is 4.48. The fourth-order valence-electron chi connectivity index (χ4n) is 2.32. The van der Waals surface area contributed by atoms with E-state index in [2.05, 4.69) is 9.69 Å². The number of nitrogen functional groups attached to an aromatic ring is 1. The number of hydrogen-bond donors (Lipinski definition) is 2. The summed E-state index contributed by atoms with van der Waals surface area (Å²) in [7, 11) is 0. The van der Waals surface area contributed by atoms with Gasteiger partial charge in [-0.3, -0.25) is 0 Å². The summed E-state index contributed by atoms with van der Waals surface area (Å²) in [5.41, 5.74) is 5.77. The van der Waals surface area contributed by atoms with E-state index in [4.69, 9.17) is 10.5 Å². The molecule has 2 rings (SSSR count). The summed E-state index contributed by atoms with van der Waals surface area (Å²) in [4.78, 5) is 0. The molecule has 0 unspecified atom stereocenters. The fraction of sp³-hybridized carbons (Fsp3) is 0.750. The second-order valence-corrected chi connectivity index (χ2v) is 5.32. The summed E-state index contributed by atoms with van der Waals surface area (Å²) >= 11 is 1.39. The summed E-state index contributed by atoms with van der Waals surface area (Å²) in [6.45, 7) is 3.60. The lowest BCUT2D eigenvalue weighted by atomic mass is 9.89. The SMILES string of the molecule is CCOc1c(N)nsc1NCC1CCCCC1. The Morgan fingerprint density at radius 3 is 2.88 bits per heavy atom. The van der Waals surface area contributed by atoms with Gasteiger partial charge in [-0.2, -0.15) is 4.37 Å². The lowest BCUT2D eigenvalue weighted by Gasteiger charge is -2.21. The molecule has 0 bridgehead atoms. The Balaban J connectivity index is 1.89. The molecule has 0 amide bonds. The van der Waals surface area contributed by atoms with E-state index in [-0.39, 0.29) is 0 Å². The lowest BCUT2D eigenvalue weighted by Crippen LogP contribution is -2.17. The third-order valence-electron chi connectivity index (χ3n) is 3.24. The molecule has 1 aliphatic carbocycles. The van der Waals surface area contributed by atoms with Crippen LogP contribution in [0.25, 0.3) is 0 Å². The van der Waals surface area contributed by atoms with Crippen LogP contribution < -0.4 is 15.8 Å². The van der Waals surface area contributed by atoms with E-state index in [1.54, 1.807) is 0 Å². The van der Waals surface area contributed by atoms with E-state index in [0.717, 1.165) is 23.2 Å². The molecule has 0 atom stereocenters. The zero-order valence-corrected chi connectivity index (χ0v) is 11.2. The molecule has 1 heterocycles. The van der Waals surface area contributed by atoms with Crippen molar-refractivity contribution in [2.75, 3.05) is 24.2 Å². The predicted octanol–water partition coefficient (Wildman–Crippen LogP) is 3.12. The quantitative estimate of drug-likeness (QED) is 0.848. The van der Waals surface area contributed by atoms with Crippen molar-refractivity contribution in [2.45, 2.75) is 39.0 Å². The van der Waals surface area contributed by atoms with Gasteiger partial charge in [0, 0.05) is 6.54 Å². The summed E-state index contributed by atoms with van der Waals surface area (Å²) in [6.07, 6.45) is 6.82. The molecule has 3 N–H and O–H groups in total. The number of anilines is 2. The Labute approximate surface area is 107 Å². The summed E-state index contributed by atoms with van der Waals surface area (Å²) in [5.74, 6) is 2.03. The summed E-state index contributed by atoms with van der Waals surface area (Å²) < 4.78 is 9.64. The molecule has 1 aromatic rings. The molecule has 5 heteroatoms. The summed E-state index contributed by atoms with van der Waals surface area (Å²) in [5, 5.41) is 4.42. The standard InChI is InChI=1S/C12H21N3OS/c1-2-16-10-11(13)15-17-12(10)14-8-9-6-4-3-5-7-9/h9,14H,2-8H2,1H3,(H2,13,15). The van der Waals surface area contributed by atoms with E-state index >= 15 is 0 Å². The minimum Gasteiger partial charge on any atom is -0.487 e. The molecule has 4 nitrogen and oxygen atoms in total. The Bertz CT molecular complexity index is 348. The van der Waals surface area contributed by atoms with Crippen LogP contribution in [0.5, 0.6) is 5.75 Å². The highest BCUT2D eigenvalue weighted by molar-refractivity contribution is 7.11. The first kappa shape index (κ1) is 12.5. The van der Waals surface area contributed by atoms with Crippen molar-refractivity contribution < 1.29 is 4.74 Å². The first-order chi connectivity index (χ1) is 8.31. The number of nitrogens with two attached hydrogens (primary N) is 1. The van der Waals surface area contributed by atoms with E-state index in [1.807, 2.05) is 6.92 Å². The first-order valence-electron chi connectivity index (χ1n) is 6.43. The lowest BCUT2D eigenvalue weighted by molar-refractivity contribution is 0.343. The number of rotatable bonds is 5. The molecule has 0 saturated heterocycles. The molecule has 0 aromatic carbocycles. The molecular formula is C12H21N3OS. The van der Waals surface area contributed by atoms with Gasteiger partial charge in [-0.25, -0.2) is 0 Å². The van der Waals surface area contributed by atoms with Gasteiger partial charge in [0.15, 0.2) is 16.6 Å². The Morgan fingerprint density at radius 1 is 1.41 bits per heavy atom. The van der Waals surface area contributed by atoms with Crippen molar-refractivity contribution in [1.29, 1.82) is 0 Å². The number of nitrogens with zero attached hydrogens (tertiary/aromatic N) is 1. The van der Waals surface area contributed by atoms with E-state index < -0.39 is 0 Å². The first-order valence-corrected chi connectivity index (χ1v) is 7.20. The average molecular weight is 255 g/mol. The number of aromatic nitrogens is 1. The Hall–Kier alpha value is -0.970. The van der Waals surface area contributed by atoms with Crippen LogP contribution in [-0.2, 0) is 0 Å². The molecular weight excluding hydrogens is 234 g/mol. The molecule has 0 aliphatic heterocycles. The molecule has 0 spiro atoms. The van der Waals surface area contributed by atoms with Crippen molar-refractivity contribution in [3.63, 3.8) is 0 Å². The van der Waals surface area contributed by atoms with Gasteiger partial charge in [0.25, 0.3) is 0 Å². The van der Waals surface area contributed by atoms with Crippen LogP contribution in [0.15, 0.2) is 0 Å². The molecule has 1 saturated carbocycles. The van der Waals surface area contributed by atoms with Crippen LogP contribution in [0.1, 0.15) is 39.0 Å². The van der Waals surface area contributed by atoms with Crippen LogP contribution in [-0.4, -0.2) is 17.5 Å². The predicted molar refractivity (Wildman–Crippen MR) is 72.8 cm³/mol. The minimum atomic E-state index is 0.503. The topological polar surface area (TPSA) is 60.2 Å². The molecule has 17 heavy (non-hydrogen) atoms. The monoisotopic (exact) mass is 255 g/mol. The van der Waals surface area contributed by atoms with Crippen molar-refractivity contribution in [2.24, 2.45) is 5.92 Å². The van der Waals surface area contributed by atoms with Crippen LogP contribution in [0, 0.1) is 5.92 Å². The van der Waals surface area contributed by atoms with Crippen LogP contribution in [0.3, 0.4) is 0 Å². The molecule has 0 radical (unpaired) electrons. The van der Waals surface area contributed by atoms with Crippen LogP contribution in [0.2, 0.25) is 0 Å². The van der Waals surface area contributed by atoms with Gasteiger partial charge in [-0.15, -0.1) is 0 Å². The highest BCUT2D eigenvalue weighted by Gasteiger charge is 2.16. The van der Waals surface area contributed by atoms with Gasteiger partial charge >= 0.3 is 0 Å². The zero-order chi connectivity index (χ0) is 12.1. The van der Waals surface area contributed by atoms with Gasteiger partial charge in [0.05, 0.1) is 6.61 Å². The highest BCUT2D eigenvalue weighted by atomic mass is 32.1. The third kappa shape index (κ3) is 3.25. The molecule has 1 fully saturated rings. The maximum Gasteiger partial charge on any atom is 0.197 e. The van der Waals surface area contributed by atoms with E-state index in [1.165, 1.54) is 43.6 Å². The van der Waals surface area contributed by atoms with E-state index in [0.29, 0.717) is 12.4 Å². The van der Waals surface area contributed by atoms with Gasteiger partial charge in [-0.1, -0.05) is 19.3 Å². The van der Waals surface area contributed by atoms with Gasteiger partial charge in [0.2, 0.25) is 0 Å². The van der Waals surface area contributed by atoms with Crippen LogP contribution in [0.4, 0.5) is 10.8 Å². The smallest absolute Gasteiger partial charge is 0.197 e. The second-order valence-electron chi connectivity index (χ2n) is 4.54. The normalized spacial score (nSPS) is 17.0. The zero-order valence-electron chi connectivity index (χ0n) is 10.4. The molecule has 96 valence electrons. The molecule has 1 aromatic heterocycles. The molecule has 1 aliphatic rings. The maximum atomic E-state index is 5.77. The van der Waals surface area contributed by atoms with Crippen LogP contribution >= 0.6 is 11.5 Å². The van der Waals surface area contributed by atoms with Gasteiger partial charge < -0.3 is 15.8 Å². The van der Waals surface area contributed by atoms with Crippen molar-refractivity contribution in [1.82, 2.24) is 4.37 Å². The fourth-order valence-corrected chi connectivity index (χ4v) is 2.99. The number of ether oxygens (including phenoxy) is 1. The van der Waals surface area contributed by atoms with Crippen molar-refractivity contribution in [3.8, 4) is 5.75 Å². The Morgan fingerprint density at radius 2 is 2.18 bits per heavy atom. The third-order valence-corrected chi connectivity index (χ3v) is 4.04. The highest BCUT2D eigenvalue weighted by Crippen LogP contribution is 2.35. The number of nitrogens with one attached hydrogen (secondary N) is 1. The largest absolute Gasteiger partial charge is 0.487 e. The summed E-state index contributed by atoms with van der Waals surface area (Å²) in [6, 6.07) is 0. The number of hydrogen-bond acceptors (Lipinski definition) is 5. The van der Waals surface area contributed by atoms with Gasteiger partial charge in [0.1, 0.15) is 0 Å². The van der Waals surface area contributed by atoms with Gasteiger partial charge in [-0.05, 0) is 37.2 Å². The average Bonchev–Trinajstić information content (AvgIpc) is 2.70.